The van der Waals surface area contributed by atoms with Gasteiger partial charge in [0.1, 0.15) is 16.9 Å². The average molecular weight is 1790 g/mol. The standard InChI is InChI=1S/C56H33N3.C38H23N3.C37H22N4/c1-3-12-37-30-41(21-19-34(37)10-1)52-43-15-5-6-16-44(43)53(42-22-20-35-11-2-4-13-38(35)31-42)48-32-39(24-26-45(48)52)40-25-27-46-51(33-40)59-50-18-8-7-17-49(50)58-56(59)47-28-23-36-14-9-29-57-55(36)54(46)47;1-2-8-26-21-29(15-14-24(26)7-1)27-9-5-10-28(22-27)30-17-18-31-35(23-30)41-34-13-4-3-12-33(34)40-38(41)32-19-16-25-11-6-20-39-37(25)36(31)32;1-2-8-25-21-26(15-14-23(25)7-1)30-11-5-12-31(39-30)27-17-18-28-34(22-27)41-33-13-4-3-10-32(33)40-37(41)29-19-16-24-9-6-20-38-36(24)35(28)29/h1-33H;1-23H;1-22H. The number of aromatic nitrogens is 10. The van der Waals surface area contributed by atoms with Crippen LogP contribution in [0.4, 0.5) is 0 Å². The van der Waals surface area contributed by atoms with E-state index in [4.69, 9.17) is 34.9 Å². The van der Waals surface area contributed by atoms with Crippen LogP contribution in [0, 0.1) is 0 Å². The Morgan fingerprint density at radius 2 is 0.426 bits per heavy atom. The van der Waals surface area contributed by atoms with E-state index in [0.29, 0.717) is 0 Å². The van der Waals surface area contributed by atoms with Crippen molar-refractivity contribution in [3.05, 3.63) is 474 Å². The lowest BCUT2D eigenvalue weighted by Gasteiger charge is -2.19. The summed E-state index contributed by atoms with van der Waals surface area (Å²) in [4.78, 5) is 35.2. The van der Waals surface area contributed by atoms with Gasteiger partial charge in [-0.1, -0.05) is 315 Å². The second kappa shape index (κ2) is 31.8. The number of hydrogen-bond donors (Lipinski definition) is 0. The Bertz CT molecular complexity index is 10400. The second-order valence-electron chi connectivity index (χ2n) is 37.0. The molecule has 0 atom stereocenters. The Kier molecular flexibility index (Phi) is 17.9. The highest BCUT2D eigenvalue weighted by atomic mass is 15.0. The van der Waals surface area contributed by atoms with Gasteiger partial charge < -0.3 is 0 Å². The predicted octanol–water partition coefficient (Wildman–Crippen LogP) is 34.0. The molecule has 0 bridgehead atoms. The molecule has 0 N–H and O–H groups in total. The maximum absolute atomic E-state index is 5.23. The molecule has 0 fully saturated rings. The Morgan fingerprint density at radius 3 is 0.858 bits per heavy atom. The summed E-state index contributed by atoms with van der Waals surface area (Å²) < 4.78 is 6.95. The monoisotopic (exact) mass is 1790 g/mol. The maximum atomic E-state index is 5.23. The van der Waals surface area contributed by atoms with Crippen LogP contribution < -0.4 is 0 Å². The Hall–Kier alpha value is -19.0. The van der Waals surface area contributed by atoms with E-state index >= 15 is 0 Å². The summed E-state index contributed by atoms with van der Waals surface area (Å²) in [5.41, 5.74) is 31.5. The van der Waals surface area contributed by atoms with Crippen molar-refractivity contribution in [3.63, 3.8) is 0 Å². The van der Waals surface area contributed by atoms with Gasteiger partial charge >= 0.3 is 0 Å². The number of imidazole rings is 3. The quantitative estimate of drug-likeness (QED) is 0.116. The van der Waals surface area contributed by atoms with Crippen LogP contribution in [0.1, 0.15) is 0 Å². The predicted molar refractivity (Wildman–Crippen MR) is 590 cm³/mol. The molecule has 0 saturated heterocycles. The van der Waals surface area contributed by atoms with E-state index in [-0.39, 0.29) is 0 Å². The highest BCUT2D eigenvalue weighted by Crippen LogP contribution is 2.49. The van der Waals surface area contributed by atoms with Gasteiger partial charge in [0.2, 0.25) is 0 Å². The maximum Gasteiger partial charge on any atom is 0.146 e. The molecule has 141 heavy (non-hydrogen) atoms. The fourth-order valence-corrected chi connectivity index (χ4v) is 22.5. The minimum atomic E-state index is 0.936. The summed E-state index contributed by atoms with van der Waals surface area (Å²) in [6.45, 7) is 0. The normalized spacial score (nSPS) is 12.0. The van der Waals surface area contributed by atoms with Crippen LogP contribution in [0.25, 0.3) is 291 Å². The highest BCUT2D eigenvalue weighted by molar-refractivity contribution is 6.28. The number of para-hydroxylation sites is 6. The number of benzene rings is 21. The first kappa shape index (κ1) is 79.4. The Morgan fingerprint density at radius 1 is 0.149 bits per heavy atom. The first-order valence-corrected chi connectivity index (χ1v) is 47.9. The van der Waals surface area contributed by atoms with Gasteiger partial charge in [0, 0.05) is 94.4 Å². The van der Waals surface area contributed by atoms with Crippen molar-refractivity contribution >= 4 is 212 Å². The van der Waals surface area contributed by atoms with Crippen molar-refractivity contribution in [1.82, 2.24) is 48.1 Å². The van der Waals surface area contributed by atoms with Crippen LogP contribution in [-0.4, -0.2) is 48.1 Å². The number of hydrogen-bond acceptors (Lipinski definition) is 7. The first-order chi connectivity index (χ1) is 69.9. The van der Waals surface area contributed by atoms with Crippen LogP contribution in [0.5, 0.6) is 0 Å². The van der Waals surface area contributed by atoms with Crippen molar-refractivity contribution < 1.29 is 0 Å². The molecule has 31 rings (SSSR count). The molecule has 0 aliphatic rings. The number of nitrogens with zero attached hydrogens (tertiary/aromatic N) is 10. The van der Waals surface area contributed by atoms with Crippen molar-refractivity contribution in [3.8, 4) is 78.1 Å². The summed E-state index contributed by atoms with van der Waals surface area (Å²) in [5, 5.41) is 28.5. The Balaban J connectivity index is 0.000000104. The topological polar surface area (TPSA) is 103 Å². The third kappa shape index (κ3) is 12.9. The van der Waals surface area contributed by atoms with E-state index in [1.165, 1.54) is 115 Å². The molecule has 0 saturated carbocycles. The fourth-order valence-electron chi connectivity index (χ4n) is 22.5. The number of fused-ring (bicyclic) bond motifs is 36. The van der Waals surface area contributed by atoms with Crippen LogP contribution >= 0.6 is 0 Å². The second-order valence-corrected chi connectivity index (χ2v) is 37.0. The average Bonchev–Trinajstić information content (AvgIpc) is 1.13. The first-order valence-electron chi connectivity index (χ1n) is 47.9. The summed E-state index contributed by atoms with van der Waals surface area (Å²) in [6, 6.07) is 164. The molecule has 10 nitrogen and oxygen atoms in total. The van der Waals surface area contributed by atoms with Gasteiger partial charge in [0.25, 0.3) is 0 Å². The van der Waals surface area contributed by atoms with Crippen molar-refractivity contribution in [2.24, 2.45) is 0 Å². The molecule has 10 heteroatoms. The zero-order valence-corrected chi connectivity index (χ0v) is 76.0. The molecule has 10 aromatic heterocycles. The van der Waals surface area contributed by atoms with Gasteiger partial charge in [-0.15, -0.1) is 0 Å². The molecule has 0 amide bonds. The highest BCUT2D eigenvalue weighted by Gasteiger charge is 2.25. The molecule has 31 aromatic rings. The minimum absolute atomic E-state index is 0.936. The van der Waals surface area contributed by atoms with Gasteiger partial charge in [-0.05, 0) is 260 Å². The van der Waals surface area contributed by atoms with E-state index in [1.54, 1.807) is 0 Å². The fraction of sp³-hybridized carbons (Fsp3) is 0. The van der Waals surface area contributed by atoms with Gasteiger partial charge in [0.05, 0.1) is 77.6 Å². The van der Waals surface area contributed by atoms with Gasteiger partial charge in [-0.3, -0.25) is 28.2 Å². The third-order valence-electron chi connectivity index (χ3n) is 29.1. The smallest absolute Gasteiger partial charge is 0.146 e. The van der Waals surface area contributed by atoms with E-state index in [1.807, 2.05) is 42.9 Å². The van der Waals surface area contributed by atoms with Crippen molar-refractivity contribution in [1.29, 1.82) is 0 Å². The number of pyridine rings is 7. The molecule has 0 aliphatic carbocycles. The molecule has 0 unspecified atom stereocenters. The molecule has 0 spiro atoms. The van der Waals surface area contributed by atoms with Crippen LogP contribution in [0.15, 0.2) is 474 Å². The summed E-state index contributed by atoms with van der Waals surface area (Å²) in [5.74, 6) is 0. The van der Waals surface area contributed by atoms with E-state index < -0.39 is 0 Å². The Labute approximate surface area is 806 Å². The summed E-state index contributed by atoms with van der Waals surface area (Å²) in [6.07, 6.45) is 5.65. The molecule has 652 valence electrons. The van der Waals surface area contributed by atoms with Crippen LogP contribution in [0.2, 0.25) is 0 Å². The molecule has 0 radical (unpaired) electrons. The molecular formula is C131H78N10. The minimum Gasteiger partial charge on any atom is -0.292 e. The van der Waals surface area contributed by atoms with Gasteiger partial charge in [0.15, 0.2) is 0 Å². The van der Waals surface area contributed by atoms with Crippen LogP contribution in [-0.2, 0) is 0 Å². The number of rotatable bonds is 7. The van der Waals surface area contributed by atoms with E-state index in [0.717, 1.165) is 176 Å². The van der Waals surface area contributed by atoms with Gasteiger partial charge in [-0.2, -0.15) is 0 Å². The van der Waals surface area contributed by atoms with E-state index in [2.05, 4.69) is 444 Å². The molecule has 0 aliphatic heterocycles. The lowest BCUT2D eigenvalue weighted by Crippen LogP contribution is -1.95. The molecule has 21 aromatic carbocycles. The van der Waals surface area contributed by atoms with Crippen LogP contribution in [0.3, 0.4) is 0 Å². The lowest BCUT2D eigenvalue weighted by atomic mass is 9.84. The van der Waals surface area contributed by atoms with Gasteiger partial charge in [-0.25, -0.2) is 19.9 Å². The zero-order valence-electron chi connectivity index (χ0n) is 76.0. The molecular weight excluding hydrogens is 1710 g/mol. The SMILES string of the molecule is c1cc(-c2ccc3ccccc3c2)cc(-c2ccc3c4c(ccc5cccnc54)c4nc5ccccc5n4c3c2)c1.c1cc(-c2ccc3ccccc3c2)nc(-c2ccc3c4c(ccc5cccnc54)c4nc5ccccc5n4c3c2)c1.c1ccc2cc(-c3c4ccccc4c(-c4ccc5ccccc5c4)c4cc(-c5ccc6c7c(ccc8cccnc87)c7nc8ccccc8n7c6c5)ccc34)ccc2c1. The lowest BCUT2D eigenvalue weighted by molar-refractivity contribution is 1.30. The zero-order chi connectivity index (χ0) is 92.4. The molecule has 10 heterocycles. The summed E-state index contributed by atoms with van der Waals surface area (Å²) >= 11 is 0. The third-order valence-corrected chi connectivity index (χ3v) is 29.1. The van der Waals surface area contributed by atoms with E-state index in [9.17, 15) is 0 Å². The van der Waals surface area contributed by atoms with Crippen molar-refractivity contribution in [2.75, 3.05) is 0 Å². The van der Waals surface area contributed by atoms with Crippen molar-refractivity contribution in [2.45, 2.75) is 0 Å². The summed E-state index contributed by atoms with van der Waals surface area (Å²) in [7, 11) is 0. The largest absolute Gasteiger partial charge is 0.292 e.